The molecule has 0 radical (unpaired) electrons. The smallest absolute Gasteiger partial charge is 0.133 e. The molecule has 0 aliphatic carbocycles. The second-order valence-corrected chi connectivity index (χ2v) is 4.01. The van der Waals surface area contributed by atoms with E-state index in [1.165, 1.54) is 0 Å². The maximum Gasteiger partial charge on any atom is 0.133 e. The summed E-state index contributed by atoms with van der Waals surface area (Å²) in [6, 6.07) is 5.84. The van der Waals surface area contributed by atoms with Gasteiger partial charge >= 0.3 is 0 Å². The van der Waals surface area contributed by atoms with Gasteiger partial charge < -0.3 is 9.84 Å². The third-order valence-corrected chi connectivity index (χ3v) is 3.02. The molecule has 0 saturated heterocycles. The van der Waals surface area contributed by atoms with Crippen molar-refractivity contribution in [2.75, 3.05) is 6.61 Å². The van der Waals surface area contributed by atoms with E-state index in [0.29, 0.717) is 19.0 Å². The zero-order valence-electron chi connectivity index (χ0n) is 7.99. The van der Waals surface area contributed by atoms with Crippen LogP contribution in [0.15, 0.2) is 23.6 Å². The Morgan fingerprint density at radius 3 is 3.07 bits per heavy atom. The van der Waals surface area contributed by atoms with Gasteiger partial charge in [0.25, 0.3) is 0 Å². The van der Waals surface area contributed by atoms with Gasteiger partial charge in [-0.3, -0.25) is 0 Å². The van der Waals surface area contributed by atoms with E-state index in [0.717, 1.165) is 15.6 Å². The second kappa shape index (κ2) is 3.98. The summed E-state index contributed by atoms with van der Waals surface area (Å²) in [5, 5.41) is 12.8. The molecule has 0 amide bonds. The molecule has 1 aromatic heterocycles. The average Bonchev–Trinajstić information content (AvgIpc) is 2.63. The van der Waals surface area contributed by atoms with Gasteiger partial charge in [0.15, 0.2) is 0 Å². The number of phenols is 1. The summed E-state index contributed by atoms with van der Waals surface area (Å²) in [7, 11) is 0. The van der Waals surface area contributed by atoms with Crippen LogP contribution in [0.25, 0.3) is 10.1 Å². The zero-order valence-corrected chi connectivity index (χ0v) is 8.80. The van der Waals surface area contributed by atoms with Crippen molar-refractivity contribution in [3.05, 3.63) is 29.1 Å². The van der Waals surface area contributed by atoms with Crippen LogP contribution in [0.1, 0.15) is 12.5 Å². The molecular formula is C11H12O2S. The SMILES string of the molecule is CCOCc1cc(O)c2sccc2c1. The fourth-order valence-electron chi connectivity index (χ4n) is 1.43. The molecule has 3 heteroatoms. The number of ether oxygens (including phenoxy) is 1. The van der Waals surface area contributed by atoms with E-state index in [2.05, 4.69) is 6.07 Å². The molecule has 1 N–H and O–H groups in total. The standard InChI is InChI=1S/C11H12O2S/c1-2-13-7-8-5-9-3-4-14-11(9)10(12)6-8/h3-6,12H,2,7H2,1H3. The Balaban J connectivity index is 2.38. The molecule has 0 aliphatic heterocycles. The Hall–Kier alpha value is -1.06. The number of rotatable bonds is 3. The number of benzene rings is 1. The third-order valence-electron chi connectivity index (χ3n) is 2.06. The van der Waals surface area contributed by atoms with Crippen molar-refractivity contribution in [1.82, 2.24) is 0 Å². The lowest BCUT2D eigenvalue weighted by Gasteiger charge is -2.03. The lowest BCUT2D eigenvalue weighted by molar-refractivity contribution is 0.134. The number of fused-ring (bicyclic) bond motifs is 1. The zero-order chi connectivity index (χ0) is 9.97. The molecule has 2 nitrogen and oxygen atoms in total. The predicted molar refractivity (Wildman–Crippen MR) is 58.8 cm³/mol. The summed E-state index contributed by atoms with van der Waals surface area (Å²) in [4.78, 5) is 0. The molecule has 0 atom stereocenters. The molecule has 0 spiro atoms. The maximum absolute atomic E-state index is 9.70. The maximum atomic E-state index is 9.70. The van der Waals surface area contributed by atoms with E-state index in [1.54, 1.807) is 17.4 Å². The van der Waals surface area contributed by atoms with Gasteiger partial charge in [0, 0.05) is 6.61 Å². The summed E-state index contributed by atoms with van der Waals surface area (Å²) in [6.07, 6.45) is 0. The van der Waals surface area contributed by atoms with E-state index < -0.39 is 0 Å². The first-order chi connectivity index (χ1) is 6.81. The molecule has 0 saturated carbocycles. The van der Waals surface area contributed by atoms with Gasteiger partial charge in [0.2, 0.25) is 0 Å². The Morgan fingerprint density at radius 1 is 1.43 bits per heavy atom. The molecule has 0 bridgehead atoms. The normalized spacial score (nSPS) is 10.9. The number of hydrogen-bond donors (Lipinski definition) is 1. The van der Waals surface area contributed by atoms with E-state index in [9.17, 15) is 5.11 Å². The van der Waals surface area contributed by atoms with Crippen molar-refractivity contribution in [3.8, 4) is 5.75 Å². The molecule has 0 fully saturated rings. The lowest BCUT2D eigenvalue weighted by Crippen LogP contribution is -1.91. The number of phenolic OH excluding ortho intramolecular Hbond substituents is 1. The Kier molecular flexibility index (Phi) is 2.70. The van der Waals surface area contributed by atoms with E-state index in [1.807, 2.05) is 18.4 Å². The van der Waals surface area contributed by atoms with Crippen LogP contribution >= 0.6 is 11.3 Å². The average molecular weight is 208 g/mol. The topological polar surface area (TPSA) is 29.5 Å². The summed E-state index contributed by atoms with van der Waals surface area (Å²) in [5.74, 6) is 0.354. The van der Waals surface area contributed by atoms with E-state index in [-0.39, 0.29) is 0 Å². The Labute approximate surface area is 86.8 Å². The van der Waals surface area contributed by atoms with Crippen LogP contribution in [0.4, 0.5) is 0 Å². The van der Waals surface area contributed by atoms with Crippen LogP contribution in [-0.4, -0.2) is 11.7 Å². The monoisotopic (exact) mass is 208 g/mol. The molecule has 1 aromatic carbocycles. The van der Waals surface area contributed by atoms with Crippen molar-refractivity contribution in [2.24, 2.45) is 0 Å². The molecular weight excluding hydrogens is 196 g/mol. The summed E-state index contributed by atoms with van der Waals surface area (Å²) in [5.41, 5.74) is 1.02. The van der Waals surface area contributed by atoms with Crippen LogP contribution in [0.2, 0.25) is 0 Å². The van der Waals surface area contributed by atoms with E-state index >= 15 is 0 Å². The number of aromatic hydroxyl groups is 1. The van der Waals surface area contributed by atoms with Crippen LogP contribution in [0.5, 0.6) is 5.75 Å². The first-order valence-corrected chi connectivity index (χ1v) is 5.46. The van der Waals surface area contributed by atoms with Crippen molar-refractivity contribution >= 4 is 21.4 Å². The predicted octanol–water partition coefficient (Wildman–Crippen LogP) is 3.14. The lowest BCUT2D eigenvalue weighted by atomic mass is 10.1. The summed E-state index contributed by atoms with van der Waals surface area (Å²) in [6.45, 7) is 3.22. The fraction of sp³-hybridized carbons (Fsp3) is 0.273. The molecule has 2 rings (SSSR count). The minimum absolute atomic E-state index is 0.354. The van der Waals surface area contributed by atoms with Gasteiger partial charge in [-0.2, -0.15) is 0 Å². The van der Waals surface area contributed by atoms with Crippen molar-refractivity contribution < 1.29 is 9.84 Å². The second-order valence-electron chi connectivity index (χ2n) is 3.09. The minimum Gasteiger partial charge on any atom is -0.506 e. The first-order valence-electron chi connectivity index (χ1n) is 4.58. The largest absolute Gasteiger partial charge is 0.506 e. The highest BCUT2D eigenvalue weighted by Gasteiger charge is 2.03. The highest BCUT2D eigenvalue weighted by molar-refractivity contribution is 7.17. The third kappa shape index (κ3) is 1.74. The highest BCUT2D eigenvalue weighted by atomic mass is 32.1. The van der Waals surface area contributed by atoms with Gasteiger partial charge in [0.1, 0.15) is 5.75 Å². The summed E-state index contributed by atoms with van der Waals surface area (Å²) < 4.78 is 6.24. The van der Waals surface area contributed by atoms with Crippen LogP contribution in [0.3, 0.4) is 0 Å². The molecule has 1 heterocycles. The van der Waals surface area contributed by atoms with Crippen LogP contribution in [0, 0.1) is 0 Å². The van der Waals surface area contributed by atoms with Gasteiger partial charge in [0.05, 0.1) is 11.3 Å². The van der Waals surface area contributed by atoms with Gasteiger partial charge in [-0.25, -0.2) is 0 Å². The highest BCUT2D eigenvalue weighted by Crippen LogP contribution is 2.31. The van der Waals surface area contributed by atoms with E-state index in [4.69, 9.17) is 4.74 Å². The molecule has 14 heavy (non-hydrogen) atoms. The molecule has 2 aromatic rings. The van der Waals surface area contributed by atoms with Gasteiger partial charge in [-0.05, 0) is 41.5 Å². The van der Waals surface area contributed by atoms with Crippen molar-refractivity contribution in [2.45, 2.75) is 13.5 Å². The number of thiophene rings is 1. The summed E-state index contributed by atoms with van der Waals surface area (Å²) >= 11 is 1.56. The number of hydrogen-bond acceptors (Lipinski definition) is 3. The van der Waals surface area contributed by atoms with Crippen molar-refractivity contribution in [1.29, 1.82) is 0 Å². The van der Waals surface area contributed by atoms with Crippen LogP contribution < -0.4 is 0 Å². The van der Waals surface area contributed by atoms with Gasteiger partial charge in [-0.1, -0.05) is 0 Å². The Morgan fingerprint density at radius 2 is 2.29 bits per heavy atom. The van der Waals surface area contributed by atoms with Crippen LogP contribution in [-0.2, 0) is 11.3 Å². The minimum atomic E-state index is 0.354. The van der Waals surface area contributed by atoms with Gasteiger partial charge in [-0.15, -0.1) is 11.3 Å². The Bertz CT molecular complexity index is 434. The quantitative estimate of drug-likeness (QED) is 0.839. The molecule has 0 aliphatic rings. The molecule has 0 unspecified atom stereocenters. The van der Waals surface area contributed by atoms with Crippen molar-refractivity contribution in [3.63, 3.8) is 0 Å². The fourth-order valence-corrected chi connectivity index (χ4v) is 2.22. The first kappa shape index (κ1) is 9.49. The molecule has 74 valence electrons.